The van der Waals surface area contributed by atoms with Gasteiger partial charge >= 0.3 is 0 Å². The third-order valence-corrected chi connectivity index (χ3v) is 5.53. The van der Waals surface area contributed by atoms with Crippen molar-refractivity contribution in [2.75, 3.05) is 7.11 Å². The number of hydrogen-bond donors (Lipinski definition) is 0. The fraction of sp³-hybridized carbons (Fsp3) is 0.238. The molecule has 4 nitrogen and oxygen atoms in total. The first-order chi connectivity index (χ1) is 13.1. The Morgan fingerprint density at radius 2 is 1.89 bits per heavy atom. The van der Waals surface area contributed by atoms with Crippen LogP contribution in [-0.4, -0.2) is 24.0 Å². The van der Waals surface area contributed by atoms with Crippen LogP contribution in [0.5, 0.6) is 11.5 Å². The number of halogens is 2. The predicted octanol–water partition coefficient (Wildman–Crippen LogP) is 4.72. The van der Waals surface area contributed by atoms with Crippen LogP contribution < -0.4 is 9.47 Å². The number of rotatable bonds is 6. The third-order valence-electron chi connectivity index (χ3n) is 4.93. The maximum Gasteiger partial charge on any atom is 0.180 e. The van der Waals surface area contributed by atoms with Gasteiger partial charge in [0.2, 0.25) is 0 Å². The summed E-state index contributed by atoms with van der Waals surface area (Å²) in [5.41, 5.74) is 1.57. The Labute approximate surface area is 168 Å². The van der Waals surface area contributed by atoms with E-state index in [9.17, 15) is 4.79 Å². The fourth-order valence-corrected chi connectivity index (χ4v) is 4.01. The van der Waals surface area contributed by atoms with Gasteiger partial charge in [-0.15, -0.1) is 0 Å². The molecule has 0 amide bonds. The molecule has 0 aliphatic heterocycles. The van der Waals surface area contributed by atoms with Gasteiger partial charge < -0.3 is 9.47 Å². The summed E-state index contributed by atoms with van der Waals surface area (Å²) >= 11 is 12.3. The van der Waals surface area contributed by atoms with Crippen LogP contribution in [0.4, 0.5) is 0 Å². The normalized spacial score (nSPS) is 23.1. The average Bonchev–Trinajstić information content (AvgIpc) is 3.25. The van der Waals surface area contributed by atoms with E-state index in [4.69, 9.17) is 32.7 Å². The quantitative estimate of drug-likeness (QED) is 0.656. The summed E-state index contributed by atoms with van der Waals surface area (Å²) in [5.74, 6) is 1.41. The molecule has 1 saturated carbocycles. The summed E-state index contributed by atoms with van der Waals surface area (Å²) in [6, 6.07) is 5.56. The van der Waals surface area contributed by atoms with Crippen LogP contribution in [0.15, 0.2) is 42.7 Å². The van der Waals surface area contributed by atoms with Gasteiger partial charge in [-0.2, -0.15) is 0 Å². The number of nitrogens with zero attached hydrogens (tertiary/aromatic N) is 1. The maximum absolute atomic E-state index is 12.4. The molecule has 3 unspecified atom stereocenters. The molecular formula is C21H17Cl2NO3. The van der Waals surface area contributed by atoms with E-state index in [0.29, 0.717) is 27.1 Å². The van der Waals surface area contributed by atoms with Crippen molar-refractivity contribution in [3.8, 4) is 11.5 Å². The number of pyridine rings is 1. The fourth-order valence-electron chi connectivity index (χ4n) is 3.52. The number of aromatic nitrogens is 1. The zero-order chi connectivity index (χ0) is 19.0. The number of methoxy groups -OCH3 is 1. The molecule has 0 spiro atoms. The van der Waals surface area contributed by atoms with Gasteiger partial charge in [-0.05, 0) is 36.1 Å². The topological polar surface area (TPSA) is 48.4 Å². The van der Waals surface area contributed by atoms with Gasteiger partial charge in [-0.1, -0.05) is 41.4 Å². The van der Waals surface area contributed by atoms with E-state index in [-0.39, 0.29) is 17.6 Å². The van der Waals surface area contributed by atoms with E-state index in [0.717, 1.165) is 12.0 Å². The first kappa shape index (κ1) is 18.3. The predicted molar refractivity (Wildman–Crippen MR) is 104 cm³/mol. The zero-order valence-corrected chi connectivity index (χ0v) is 16.1. The van der Waals surface area contributed by atoms with Crippen LogP contribution in [0, 0.1) is 24.7 Å². The van der Waals surface area contributed by atoms with Gasteiger partial charge in [0.05, 0.1) is 17.2 Å². The number of benzene rings is 1. The van der Waals surface area contributed by atoms with Gasteiger partial charge in [-0.3, -0.25) is 9.78 Å². The van der Waals surface area contributed by atoms with Crippen LogP contribution in [0.1, 0.15) is 17.5 Å². The summed E-state index contributed by atoms with van der Waals surface area (Å²) in [5, 5.41) is 0.950. The minimum Gasteiger partial charge on any atom is -0.493 e. The molecule has 2 aliphatic rings. The lowest BCUT2D eigenvalue weighted by atomic mass is 10.0. The molecule has 27 heavy (non-hydrogen) atoms. The minimum absolute atomic E-state index is 0.00922. The van der Waals surface area contributed by atoms with E-state index in [1.165, 1.54) is 0 Å². The summed E-state index contributed by atoms with van der Waals surface area (Å²) < 4.78 is 11.5. The van der Waals surface area contributed by atoms with Crippen molar-refractivity contribution in [3.05, 3.63) is 76.8 Å². The number of carbonyl (C=O) groups excluding carboxylic acids is 1. The second-order valence-corrected chi connectivity index (χ2v) is 7.41. The van der Waals surface area contributed by atoms with Gasteiger partial charge in [0.25, 0.3) is 0 Å². The number of fused-ring (bicyclic) bond motifs is 2. The van der Waals surface area contributed by atoms with Gasteiger partial charge in [0.15, 0.2) is 23.4 Å². The van der Waals surface area contributed by atoms with E-state index in [2.05, 4.69) is 11.1 Å². The second kappa shape index (κ2) is 7.53. The standard InChI is InChI=1S/C21H17Cl2NO3/c1-26-18-7-3-12(2-6-15-16(22)10-24-11-17(15)23)8-19(18)27-21-14-5-4-13(9-14)20(21)25/h2-8,10-11,13-14,21H,9H2,1H3. The highest BCUT2D eigenvalue weighted by atomic mass is 35.5. The molecule has 138 valence electrons. The monoisotopic (exact) mass is 401 g/mol. The maximum atomic E-state index is 12.4. The van der Waals surface area contributed by atoms with Crippen LogP contribution in [0.3, 0.4) is 0 Å². The number of allylic oxidation sites excluding steroid dienone is 1. The Morgan fingerprint density at radius 3 is 2.56 bits per heavy atom. The number of ketones is 1. The molecule has 4 rings (SSSR count). The lowest BCUT2D eigenvalue weighted by molar-refractivity contribution is -0.126. The highest BCUT2D eigenvalue weighted by Gasteiger charge is 2.45. The van der Waals surface area contributed by atoms with E-state index in [1.54, 1.807) is 19.5 Å². The molecule has 1 fully saturated rings. The van der Waals surface area contributed by atoms with Crippen molar-refractivity contribution in [2.24, 2.45) is 11.8 Å². The molecule has 2 radical (unpaired) electrons. The molecule has 0 saturated heterocycles. The van der Waals surface area contributed by atoms with Crippen molar-refractivity contribution < 1.29 is 14.3 Å². The van der Waals surface area contributed by atoms with Crippen molar-refractivity contribution in [2.45, 2.75) is 12.5 Å². The SMILES string of the molecule is COc1ccc([CH][CH]c2c(Cl)cncc2Cl)cc1OC1C(=O)C2C=CC1C2. The second-order valence-electron chi connectivity index (χ2n) is 6.59. The molecule has 6 heteroatoms. The number of ether oxygens (including phenoxy) is 2. The zero-order valence-electron chi connectivity index (χ0n) is 14.6. The summed E-state index contributed by atoms with van der Waals surface area (Å²) in [6.07, 6.45) is 11.2. The summed E-state index contributed by atoms with van der Waals surface area (Å²) in [6.45, 7) is 0. The molecule has 3 atom stereocenters. The highest BCUT2D eigenvalue weighted by Crippen LogP contribution is 2.40. The van der Waals surface area contributed by atoms with E-state index in [1.807, 2.05) is 37.1 Å². The largest absolute Gasteiger partial charge is 0.493 e. The van der Waals surface area contributed by atoms with Crippen LogP contribution >= 0.6 is 23.2 Å². The molecule has 1 heterocycles. The highest BCUT2D eigenvalue weighted by molar-refractivity contribution is 6.36. The lowest BCUT2D eigenvalue weighted by Crippen LogP contribution is -2.31. The molecular weight excluding hydrogens is 385 g/mol. The van der Waals surface area contributed by atoms with Crippen molar-refractivity contribution >= 4 is 29.0 Å². The van der Waals surface area contributed by atoms with E-state index < -0.39 is 6.10 Å². The van der Waals surface area contributed by atoms with Crippen LogP contribution in [-0.2, 0) is 4.79 Å². The minimum atomic E-state index is -0.447. The van der Waals surface area contributed by atoms with Crippen LogP contribution in [0.2, 0.25) is 10.0 Å². The Hall–Kier alpha value is -2.04. The Morgan fingerprint density at radius 1 is 1.11 bits per heavy atom. The summed E-state index contributed by atoms with van der Waals surface area (Å²) in [7, 11) is 1.58. The van der Waals surface area contributed by atoms with Gasteiger partial charge in [0, 0.05) is 30.7 Å². The number of carbonyl (C=O) groups is 1. The smallest absolute Gasteiger partial charge is 0.180 e. The lowest BCUT2D eigenvalue weighted by Gasteiger charge is -2.21. The Kier molecular flexibility index (Phi) is 5.11. The summed E-state index contributed by atoms with van der Waals surface area (Å²) in [4.78, 5) is 16.3. The molecule has 1 aromatic carbocycles. The molecule has 2 bridgehead atoms. The van der Waals surface area contributed by atoms with Crippen molar-refractivity contribution in [1.82, 2.24) is 4.98 Å². The molecule has 1 aromatic heterocycles. The van der Waals surface area contributed by atoms with Gasteiger partial charge in [-0.25, -0.2) is 0 Å². The molecule has 0 N–H and O–H groups in total. The Bertz CT molecular complexity index is 892. The van der Waals surface area contributed by atoms with Crippen molar-refractivity contribution in [3.63, 3.8) is 0 Å². The first-order valence-electron chi connectivity index (χ1n) is 8.60. The number of hydrogen-bond acceptors (Lipinski definition) is 4. The first-order valence-corrected chi connectivity index (χ1v) is 9.36. The third kappa shape index (κ3) is 3.56. The molecule has 2 aliphatic carbocycles. The average molecular weight is 402 g/mol. The van der Waals surface area contributed by atoms with E-state index >= 15 is 0 Å². The van der Waals surface area contributed by atoms with Crippen molar-refractivity contribution in [1.29, 1.82) is 0 Å². The van der Waals surface area contributed by atoms with Gasteiger partial charge in [0.1, 0.15) is 0 Å². The Balaban J connectivity index is 1.52. The molecule has 2 aromatic rings. The number of Topliss-reactive ketones (excluding diaryl/α,β-unsaturated/α-hetero) is 1. The van der Waals surface area contributed by atoms with Crippen LogP contribution in [0.25, 0.3) is 0 Å².